The van der Waals surface area contributed by atoms with Crippen LogP contribution in [0.5, 0.6) is 0 Å². The molecule has 2 rings (SSSR count). The van der Waals surface area contributed by atoms with Crippen molar-refractivity contribution >= 4 is 17.5 Å². The summed E-state index contributed by atoms with van der Waals surface area (Å²) in [6.45, 7) is 12.3. The quantitative estimate of drug-likeness (QED) is 0.695. The normalized spacial score (nSPS) is 29.0. The van der Waals surface area contributed by atoms with E-state index in [1.165, 1.54) is 5.56 Å². The van der Waals surface area contributed by atoms with Gasteiger partial charge in [-0.05, 0) is 50.3 Å². The molecule has 0 N–H and O–H groups in total. The molecule has 1 aromatic carbocycles. The molecule has 1 aliphatic heterocycles. The van der Waals surface area contributed by atoms with Gasteiger partial charge in [0.2, 0.25) is 5.91 Å². The van der Waals surface area contributed by atoms with Gasteiger partial charge in [-0.1, -0.05) is 43.7 Å². The van der Waals surface area contributed by atoms with Gasteiger partial charge in [0.1, 0.15) is 0 Å². The fraction of sp³-hybridized carbons (Fsp3) is 0.526. The lowest BCUT2D eigenvalue weighted by atomic mass is 9.70. The van der Waals surface area contributed by atoms with Gasteiger partial charge >= 0.3 is 0 Å². The van der Waals surface area contributed by atoms with Gasteiger partial charge in [-0.25, -0.2) is 0 Å². The Bertz CT molecular complexity index is 551. The lowest BCUT2D eigenvalue weighted by molar-refractivity contribution is -0.155. The minimum atomic E-state index is -0.339. The minimum absolute atomic E-state index is 0.114. The lowest BCUT2D eigenvalue weighted by Gasteiger charge is -2.50. The highest BCUT2D eigenvalue weighted by atomic mass is 35.5. The SMILES string of the molecule is C=CC[C@@]1(C)C[C@H](C)[C@@H](c2ccc(Cl)cc2)N(C(C)C)C1=O. The second-order valence-corrected chi connectivity index (χ2v) is 7.47. The first-order chi connectivity index (χ1) is 10.3. The van der Waals surface area contributed by atoms with Crippen molar-refractivity contribution in [3.63, 3.8) is 0 Å². The summed E-state index contributed by atoms with van der Waals surface area (Å²) in [7, 11) is 0. The fourth-order valence-electron chi connectivity index (χ4n) is 3.82. The number of nitrogens with zero attached hydrogens (tertiary/aromatic N) is 1. The van der Waals surface area contributed by atoms with Gasteiger partial charge in [0.15, 0.2) is 0 Å². The van der Waals surface area contributed by atoms with E-state index < -0.39 is 0 Å². The third-order valence-corrected chi connectivity index (χ3v) is 4.98. The van der Waals surface area contributed by atoms with E-state index in [4.69, 9.17) is 11.6 Å². The molecule has 3 heteroatoms. The number of benzene rings is 1. The molecule has 1 amide bonds. The Morgan fingerprint density at radius 2 is 2.00 bits per heavy atom. The Hall–Kier alpha value is -1.28. The Morgan fingerprint density at radius 3 is 2.50 bits per heavy atom. The van der Waals surface area contributed by atoms with Crippen LogP contribution in [0.3, 0.4) is 0 Å². The predicted octanol–water partition coefficient (Wildman–Crippen LogP) is 5.24. The van der Waals surface area contributed by atoms with Crippen LogP contribution in [-0.2, 0) is 4.79 Å². The highest BCUT2D eigenvalue weighted by molar-refractivity contribution is 6.30. The lowest BCUT2D eigenvalue weighted by Crippen LogP contribution is -2.54. The van der Waals surface area contributed by atoms with Gasteiger partial charge in [-0.15, -0.1) is 6.58 Å². The summed E-state index contributed by atoms with van der Waals surface area (Å²) in [5.41, 5.74) is 0.827. The Morgan fingerprint density at radius 1 is 1.41 bits per heavy atom. The van der Waals surface area contributed by atoms with E-state index in [1.54, 1.807) is 0 Å². The molecule has 0 bridgehead atoms. The standard InChI is InChI=1S/C19H26ClNO/c1-6-11-19(5)12-14(4)17(21(13(2)3)18(19)22)15-7-9-16(20)10-8-15/h6-10,13-14,17H,1,11-12H2,2-5H3/t14-,17-,19-/m0/s1. The molecule has 1 aliphatic rings. The van der Waals surface area contributed by atoms with E-state index in [1.807, 2.05) is 30.3 Å². The van der Waals surface area contributed by atoms with E-state index >= 15 is 0 Å². The van der Waals surface area contributed by atoms with Crippen molar-refractivity contribution < 1.29 is 4.79 Å². The number of amides is 1. The molecule has 1 saturated heterocycles. The van der Waals surface area contributed by atoms with Crippen LogP contribution in [0.1, 0.15) is 52.1 Å². The maximum Gasteiger partial charge on any atom is 0.229 e. The Balaban J connectivity index is 2.43. The molecule has 120 valence electrons. The van der Waals surface area contributed by atoms with Crippen LogP contribution < -0.4 is 0 Å². The Labute approximate surface area is 139 Å². The first-order valence-electron chi connectivity index (χ1n) is 7.99. The summed E-state index contributed by atoms with van der Waals surface area (Å²) in [6.07, 6.45) is 3.48. The Kier molecular flexibility index (Phi) is 5.01. The number of piperidine rings is 1. The molecule has 3 atom stereocenters. The smallest absolute Gasteiger partial charge is 0.229 e. The van der Waals surface area contributed by atoms with Crippen molar-refractivity contribution in [2.24, 2.45) is 11.3 Å². The summed E-state index contributed by atoms with van der Waals surface area (Å²) in [5, 5.41) is 0.728. The topological polar surface area (TPSA) is 20.3 Å². The number of hydrogen-bond acceptors (Lipinski definition) is 1. The maximum absolute atomic E-state index is 13.1. The van der Waals surface area contributed by atoms with Crippen LogP contribution in [0.4, 0.5) is 0 Å². The summed E-state index contributed by atoms with van der Waals surface area (Å²) in [4.78, 5) is 15.2. The molecule has 1 aromatic rings. The molecule has 22 heavy (non-hydrogen) atoms. The minimum Gasteiger partial charge on any atom is -0.332 e. The van der Waals surface area contributed by atoms with Gasteiger partial charge in [0.05, 0.1) is 11.5 Å². The number of carbonyl (C=O) groups is 1. The molecule has 1 heterocycles. The van der Waals surface area contributed by atoms with Crippen LogP contribution in [-0.4, -0.2) is 16.8 Å². The van der Waals surface area contributed by atoms with Gasteiger partial charge in [0, 0.05) is 11.1 Å². The van der Waals surface area contributed by atoms with Crippen molar-refractivity contribution in [3.05, 3.63) is 47.5 Å². The number of allylic oxidation sites excluding steroid dienone is 1. The molecule has 0 radical (unpaired) electrons. The van der Waals surface area contributed by atoms with Crippen molar-refractivity contribution in [1.82, 2.24) is 4.90 Å². The number of halogens is 1. The van der Waals surface area contributed by atoms with E-state index in [9.17, 15) is 4.79 Å². The van der Waals surface area contributed by atoms with Crippen LogP contribution in [0.25, 0.3) is 0 Å². The number of rotatable bonds is 4. The average Bonchev–Trinajstić information content (AvgIpc) is 2.43. The third kappa shape index (κ3) is 3.08. The zero-order valence-corrected chi connectivity index (χ0v) is 14.7. The molecule has 0 saturated carbocycles. The van der Waals surface area contributed by atoms with Gasteiger partial charge in [0.25, 0.3) is 0 Å². The third-order valence-electron chi connectivity index (χ3n) is 4.72. The largest absolute Gasteiger partial charge is 0.332 e. The van der Waals surface area contributed by atoms with Crippen molar-refractivity contribution in [3.8, 4) is 0 Å². The molecular weight excluding hydrogens is 294 g/mol. The van der Waals surface area contributed by atoms with Crippen LogP contribution in [0, 0.1) is 11.3 Å². The second kappa shape index (κ2) is 6.45. The molecule has 0 spiro atoms. The number of carbonyl (C=O) groups excluding carboxylic acids is 1. The molecule has 0 aromatic heterocycles. The maximum atomic E-state index is 13.1. The zero-order chi connectivity index (χ0) is 16.5. The monoisotopic (exact) mass is 319 g/mol. The molecule has 2 nitrogen and oxygen atoms in total. The van der Waals surface area contributed by atoms with Crippen LogP contribution in [0.15, 0.2) is 36.9 Å². The number of likely N-dealkylation sites (tertiary alicyclic amines) is 1. The molecule has 0 unspecified atom stereocenters. The van der Waals surface area contributed by atoms with Gasteiger partial charge in [-0.2, -0.15) is 0 Å². The predicted molar refractivity (Wildman–Crippen MR) is 92.9 cm³/mol. The van der Waals surface area contributed by atoms with E-state index in [0.29, 0.717) is 5.92 Å². The van der Waals surface area contributed by atoms with Crippen LogP contribution in [0.2, 0.25) is 5.02 Å². The number of hydrogen-bond donors (Lipinski definition) is 0. The summed E-state index contributed by atoms with van der Waals surface area (Å²) < 4.78 is 0. The summed E-state index contributed by atoms with van der Waals surface area (Å²) in [6, 6.07) is 8.18. The first kappa shape index (κ1) is 17.1. The first-order valence-corrected chi connectivity index (χ1v) is 8.37. The van der Waals surface area contributed by atoms with Crippen LogP contribution >= 0.6 is 11.6 Å². The van der Waals surface area contributed by atoms with E-state index in [2.05, 4.69) is 39.2 Å². The van der Waals surface area contributed by atoms with Crippen molar-refractivity contribution in [2.45, 2.75) is 52.6 Å². The van der Waals surface area contributed by atoms with E-state index in [0.717, 1.165) is 17.9 Å². The molecule has 1 fully saturated rings. The zero-order valence-electron chi connectivity index (χ0n) is 14.0. The summed E-state index contributed by atoms with van der Waals surface area (Å²) in [5.74, 6) is 0.631. The van der Waals surface area contributed by atoms with Crippen molar-refractivity contribution in [2.75, 3.05) is 0 Å². The molecule has 0 aliphatic carbocycles. The van der Waals surface area contributed by atoms with Crippen molar-refractivity contribution in [1.29, 1.82) is 0 Å². The van der Waals surface area contributed by atoms with Gasteiger partial charge in [-0.3, -0.25) is 4.79 Å². The van der Waals surface area contributed by atoms with E-state index in [-0.39, 0.29) is 23.4 Å². The highest BCUT2D eigenvalue weighted by Crippen LogP contribution is 2.47. The average molecular weight is 320 g/mol. The summed E-state index contributed by atoms with van der Waals surface area (Å²) >= 11 is 6.01. The van der Waals surface area contributed by atoms with Gasteiger partial charge < -0.3 is 4.90 Å². The highest BCUT2D eigenvalue weighted by Gasteiger charge is 2.47. The fourth-order valence-corrected chi connectivity index (χ4v) is 3.94. The molecular formula is C19H26ClNO. The second-order valence-electron chi connectivity index (χ2n) is 7.04.